The molecule has 1 aromatic carbocycles. The maximum absolute atomic E-state index is 11.4. The van der Waals surface area contributed by atoms with E-state index in [1.807, 2.05) is 0 Å². The van der Waals surface area contributed by atoms with Gasteiger partial charge in [-0.25, -0.2) is 9.59 Å². The molecule has 1 rings (SSSR count). The van der Waals surface area contributed by atoms with Crippen LogP contribution in [0.25, 0.3) is 0 Å². The second-order valence-electron chi connectivity index (χ2n) is 3.13. The summed E-state index contributed by atoms with van der Waals surface area (Å²) in [6.45, 7) is 0. The average molecular weight is 258 g/mol. The Morgan fingerprint density at radius 1 is 0.722 bits per heavy atom. The first-order valence-corrected chi connectivity index (χ1v) is 4.53. The van der Waals surface area contributed by atoms with E-state index in [2.05, 4.69) is 9.47 Å². The predicted octanol–water partition coefficient (Wildman–Crippen LogP) is 0.0822. The highest BCUT2D eigenvalue weighted by molar-refractivity contribution is 6.08. The van der Waals surface area contributed by atoms with Crippen molar-refractivity contribution in [1.82, 2.24) is 0 Å². The number of phenols is 4. The molecule has 0 radical (unpaired) electrons. The van der Waals surface area contributed by atoms with Gasteiger partial charge in [0, 0.05) is 0 Å². The summed E-state index contributed by atoms with van der Waals surface area (Å²) < 4.78 is 8.58. The van der Waals surface area contributed by atoms with Crippen molar-refractivity contribution in [3.05, 3.63) is 11.1 Å². The van der Waals surface area contributed by atoms with Crippen molar-refractivity contribution in [3.8, 4) is 23.0 Å². The zero-order chi connectivity index (χ0) is 14.0. The molecular weight excluding hydrogens is 248 g/mol. The van der Waals surface area contributed by atoms with E-state index in [0.717, 1.165) is 14.2 Å². The maximum atomic E-state index is 11.4. The molecule has 0 aromatic heterocycles. The first-order chi connectivity index (χ1) is 8.36. The smallest absolute Gasteiger partial charge is 0.342 e. The summed E-state index contributed by atoms with van der Waals surface area (Å²) in [6.07, 6.45) is 0. The Kier molecular flexibility index (Phi) is 3.50. The van der Waals surface area contributed by atoms with Crippen LogP contribution in [0.4, 0.5) is 0 Å². The molecule has 0 atom stereocenters. The van der Waals surface area contributed by atoms with Crippen molar-refractivity contribution in [2.45, 2.75) is 0 Å². The monoisotopic (exact) mass is 258 g/mol. The molecule has 0 aliphatic carbocycles. The molecule has 0 fully saturated rings. The van der Waals surface area contributed by atoms with Gasteiger partial charge >= 0.3 is 11.9 Å². The number of ether oxygens (including phenoxy) is 2. The van der Waals surface area contributed by atoms with E-state index < -0.39 is 46.1 Å². The van der Waals surface area contributed by atoms with Crippen molar-refractivity contribution in [2.75, 3.05) is 14.2 Å². The molecule has 0 unspecified atom stereocenters. The second kappa shape index (κ2) is 4.70. The van der Waals surface area contributed by atoms with Gasteiger partial charge in [-0.2, -0.15) is 0 Å². The number of hydrogen-bond acceptors (Lipinski definition) is 8. The SMILES string of the molecule is COC(=O)c1c(O)c(O)c(O)c(O)c1C(=O)OC. The Bertz CT molecular complexity index is 472. The summed E-state index contributed by atoms with van der Waals surface area (Å²) in [6, 6.07) is 0. The zero-order valence-corrected chi connectivity index (χ0v) is 9.42. The van der Waals surface area contributed by atoms with Gasteiger partial charge in [-0.15, -0.1) is 0 Å². The quantitative estimate of drug-likeness (QED) is 0.333. The second-order valence-corrected chi connectivity index (χ2v) is 3.13. The van der Waals surface area contributed by atoms with E-state index >= 15 is 0 Å². The summed E-state index contributed by atoms with van der Waals surface area (Å²) in [5.74, 6) is -6.90. The topological polar surface area (TPSA) is 134 Å². The normalized spacial score (nSPS) is 9.89. The molecule has 8 nitrogen and oxygen atoms in total. The molecule has 98 valence electrons. The summed E-state index contributed by atoms with van der Waals surface area (Å²) in [7, 11) is 1.92. The van der Waals surface area contributed by atoms with Gasteiger partial charge in [0.15, 0.2) is 11.5 Å². The predicted molar refractivity (Wildman–Crippen MR) is 55.8 cm³/mol. The van der Waals surface area contributed by atoms with E-state index in [4.69, 9.17) is 0 Å². The Balaban J connectivity index is 3.75. The Morgan fingerprint density at radius 2 is 1.00 bits per heavy atom. The van der Waals surface area contributed by atoms with Crippen molar-refractivity contribution in [2.24, 2.45) is 0 Å². The van der Waals surface area contributed by atoms with Crippen LogP contribution >= 0.6 is 0 Å². The molecule has 8 heteroatoms. The number of esters is 2. The van der Waals surface area contributed by atoms with Crippen LogP contribution in [0.15, 0.2) is 0 Å². The van der Waals surface area contributed by atoms with Gasteiger partial charge < -0.3 is 29.9 Å². The van der Waals surface area contributed by atoms with Crippen LogP contribution in [-0.4, -0.2) is 46.6 Å². The van der Waals surface area contributed by atoms with Gasteiger partial charge in [-0.3, -0.25) is 0 Å². The lowest BCUT2D eigenvalue weighted by atomic mass is 10.0. The first kappa shape index (κ1) is 13.4. The van der Waals surface area contributed by atoms with Crippen molar-refractivity contribution < 1.29 is 39.5 Å². The van der Waals surface area contributed by atoms with Gasteiger partial charge in [-0.1, -0.05) is 0 Å². The number of aromatic hydroxyl groups is 4. The molecule has 0 saturated heterocycles. The lowest BCUT2D eigenvalue weighted by molar-refractivity contribution is 0.0547. The first-order valence-electron chi connectivity index (χ1n) is 4.53. The minimum absolute atomic E-state index is 0.808. The highest BCUT2D eigenvalue weighted by atomic mass is 16.5. The molecule has 18 heavy (non-hydrogen) atoms. The maximum Gasteiger partial charge on any atom is 0.342 e. The lowest BCUT2D eigenvalue weighted by Crippen LogP contribution is -2.12. The molecule has 0 heterocycles. The van der Waals surface area contributed by atoms with Crippen molar-refractivity contribution in [3.63, 3.8) is 0 Å². The summed E-state index contributed by atoms with van der Waals surface area (Å²) in [5, 5.41) is 37.5. The molecule has 0 saturated carbocycles. The fourth-order valence-corrected chi connectivity index (χ4v) is 1.30. The van der Waals surface area contributed by atoms with E-state index in [9.17, 15) is 30.0 Å². The van der Waals surface area contributed by atoms with Crippen LogP contribution in [-0.2, 0) is 9.47 Å². The number of benzene rings is 1. The third-order valence-electron chi connectivity index (χ3n) is 2.18. The molecule has 0 spiro atoms. The highest BCUT2D eigenvalue weighted by Gasteiger charge is 2.32. The number of carbonyl (C=O) groups is 2. The van der Waals surface area contributed by atoms with Crippen molar-refractivity contribution >= 4 is 11.9 Å². The Hall–Kier alpha value is -2.64. The average Bonchev–Trinajstić information content (AvgIpc) is 2.38. The van der Waals surface area contributed by atoms with Crippen LogP contribution in [0.2, 0.25) is 0 Å². The van der Waals surface area contributed by atoms with Crippen LogP contribution in [0.1, 0.15) is 20.7 Å². The summed E-state index contributed by atoms with van der Waals surface area (Å²) >= 11 is 0. The van der Waals surface area contributed by atoms with E-state index in [0.29, 0.717) is 0 Å². The fourth-order valence-electron chi connectivity index (χ4n) is 1.30. The molecule has 0 aliphatic heterocycles. The van der Waals surface area contributed by atoms with Crippen LogP contribution in [0.3, 0.4) is 0 Å². The van der Waals surface area contributed by atoms with E-state index in [1.54, 1.807) is 0 Å². The number of phenolic OH excluding ortho intramolecular Hbond substituents is 4. The number of rotatable bonds is 2. The van der Waals surface area contributed by atoms with Gasteiger partial charge in [0.2, 0.25) is 11.5 Å². The molecule has 0 amide bonds. The number of carbonyl (C=O) groups excluding carboxylic acids is 2. The number of hydrogen-bond donors (Lipinski definition) is 4. The molecule has 0 aliphatic rings. The highest BCUT2D eigenvalue weighted by Crippen LogP contribution is 2.47. The van der Waals surface area contributed by atoms with Crippen LogP contribution < -0.4 is 0 Å². The molecule has 0 bridgehead atoms. The van der Waals surface area contributed by atoms with Gasteiger partial charge in [0.1, 0.15) is 11.1 Å². The third-order valence-corrected chi connectivity index (χ3v) is 2.18. The largest absolute Gasteiger partial charge is 0.504 e. The van der Waals surface area contributed by atoms with E-state index in [-0.39, 0.29) is 0 Å². The molecule has 4 N–H and O–H groups in total. The van der Waals surface area contributed by atoms with E-state index in [1.165, 1.54) is 0 Å². The minimum Gasteiger partial charge on any atom is -0.504 e. The summed E-state index contributed by atoms with van der Waals surface area (Å²) in [4.78, 5) is 22.8. The van der Waals surface area contributed by atoms with Crippen LogP contribution in [0, 0.1) is 0 Å². The standard InChI is InChI=1S/C10H10O8/c1-17-9(15)3-4(10(16)18-2)6(12)8(14)7(13)5(3)11/h11-14H,1-2H3. The zero-order valence-electron chi connectivity index (χ0n) is 9.42. The third kappa shape index (κ3) is 1.83. The Labute approximate surface area is 101 Å². The molecular formula is C10H10O8. The Morgan fingerprint density at radius 3 is 1.22 bits per heavy atom. The van der Waals surface area contributed by atoms with Crippen LogP contribution in [0.5, 0.6) is 23.0 Å². The van der Waals surface area contributed by atoms with Gasteiger partial charge in [-0.05, 0) is 0 Å². The van der Waals surface area contributed by atoms with Gasteiger partial charge in [0.05, 0.1) is 14.2 Å². The van der Waals surface area contributed by atoms with Crippen molar-refractivity contribution in [1.29, 1.82) is 0 Å². The lowest BCUT2D eigenvalue weighted by Gasteiger charge is -2.12. The van der Waals surface area contributed by atoms with Gasteiger partial charge in [0.25, 0.3) is 0 Å². The fraction of sp³-hybridized carbons (Fsp3) is 0.200. The minimum atomic E-state index is -1.20. The summed E-state index contributed by atoms with van der Waals surface area (Å²) in [5.41, 5.74) is -1.62. The molecule has 1 aromatic rings. The number of methoxy groups -OCH3 is 2.